The van der Waals surface area contributed by atoms with Gasteiger partial charge in [-0.3, -0.25) is 9.69 Å². The van der Waals surface area contributed by atoms with Gasteiger partial charge in [0.05, 0.1) is 5.54 Å². The maximum atomic E-state index is 11.8. The lowest BCUT2D eigenvalue weighted by molar-refractivity contribution is -0.123. The predicted molar refractivity (Wildman–Crippen MR) is 103 cm³/mol. The Balaban J connectivity index is 0.00000144. The van der Waals surface area contributed by atoms with Crippen LogP contribution in [0.3, 0.4) is 0 Å². The lowest BCUT2D eigenvalue weighted by atomic mass is 10.1. The van der Waals surface area contributed by atoms with Crippen LogP contribution in [0.1, 0.15) is 49.7 Å². The summed E-state index contributed by atoms with van der Waals surface area (Å²) in [4.78, 5) is 14.4. The summed E-state index contributed by atoms with van der Waals surface area (Å²) >= 11 is 0. The van der Waals surface area contributed by atoms with E-state index in [9.17, 15) is 4.79 Å². The quantitative estimate of drug-likeness (QED) is 0.833. The molecule has 4 nitrogen and oxygen atoms in total. The fourth-order valence-electron chi connectivity index (χ4n) is 3.04. The second kappa shape index (κ2) is 9.62. The number of nitrogens with zero attached hydrogens (tertiary/aromatic N) is 1. The SMILES string of the molecule is Cl.Cl.NC1(C(=O)NCc2ccc(CN3CCCCCC3)cc2)CC1. The van der Waals surface area contributed by atoms with Crippen LogP contribution >= 0.6 is 24.8 Å². The summed E-state index contributed by atoms with van der Waals surface area (Å²) in [5, 5.41) is 2.94. The van der Waals surface area contributed by atoms with Crippen LogP contribution < -0.4 is 11.1 Å². The molecule has 1 aromatic rings. The van der Waals surface area contributed by atoms with Crippen molar-refractivity contribution in [1.82, 2.24) is 10.2 Å². The first-order valence-electron chi connectivity index (χ1n) is 8.53. The number of hydrogen-bond acceptors (Lipinski definition) is 3. The highest BCUT2D eigenvalue weighted by atomic mass is 35.5. The van der Waals surface area contributed by atoms with Gasteiger partial charge in [0.1, 0.15) is 0 Å². The first-order chi connectivity index (χ1) is 10.7. The summed E-state index contributed by atoms with van der Waals surface area (Å²) < 4.78 is 0. The molecule has 2 aliphatic rings. The number of halogens is 2. The van der Waals surface area contributed by atoms with E-state index in [-0.39, 0.29) is 30.7 Å². The highest BCUT2D eigenvalue weighted by Crippen LogP contribution is 2.32. The van der Waals surface area contributed by atoms with Gasteiger partial charge in [0.15, 0.2) is 0 Å². The molecule has 0 bridgehead atoms. The first kappa shape index (κ1) is 21.2. The molecule has 1 heterocycles. The summed E-state index contributed by atoms with van der Waals surface area (Å²) in [5.74, 6) is -0.0128. The normalized spacial score (nSPS) is 19.4. The third-order valence-electron chi connectivity index (χ3n) is 4.82. The zero-order valence-electron chi connectivity index (χ0n) is 14.1. The smallest absolute Gasteiger partial charge is 0.240 e. The minimum Gasteiger partial charge on any atom is -0.350 e. The zero-order valence-corrected chi connectivity index (χ0v) is 15.8. The van der Waals surface area contributed by atoms with Crippen molar-refractivity contribution in [3.05, 3.63) is 35.4 Å². The molecule has 3 rings (SSSR count). The third kappa shape index (κ3) is 5.92. The lowest BCUT2D eigenvalue weighted by Gasteiger charge is -2.19. The average molecular weight is 374 g/mol. The highest BCUT2D eigenvalue weighted by Gasteiger charge is 2.45. The zero-order chi connectivity index (χ0) is 15.4. The van der Waals surface area contributed by atoms with Crippen LogP contribution in [0, 0.1) is 0 Å². The molecule has 1 amide bonds. The van der Waals surface area contributed by atoms with E-state index in [1.165, 1.54) is 44.3 Å². The van der Waals surface area contributed by atoms with E-state index in [1.54, 1.807) is 0 Å². The molecule has 0 spiro atoms. The van der Waals surface area contributed by atoms with Crippen molar-refractivity contribution in [2.45, 2.75) is 57.2 Å². The van der Waals surface area contributed by atoms with Crippen molar-refractivity contribution in [2.75, 3.05) is 13.1 Å². The van der Waals surface area contributed by atoms with Gasteiger partial charge in [-0.1, -0.05) is 37.1 Å². The number of carbonyl (C=O) groups is 1. The van der Waals surface area contributed by atoms with Gasteiger partial charge in [-0.05, 0) is 49.9 Å². The van der Waals surface area contributed by atoms with E-state index < -0.39 is 5.54 Å². The molecule has 1 saturated carbocycles. The molecule has 1 saturated heterocycles. The largest absolute Gasteiger partial charge is 0.350 e. The van der Waals surface area contributed by atoms with Crippen LogP contribution in [-0.4, -0.2) is 29.4 Å². The second-order valence-electron chi connectivity index (χ2n) is 6.85. The molecule has 6 heteroatoms. The molecule has 24 heavy (non-hydrogen) atoms. The predicted octanol–water partition coefficient (Wildman–Crippen LogP) is 3.01. The Hall–Kier alpha value is -0.810. The molecule has 3 N–H and O–H groups in total. The second-order valence-corrected chi connectivity index (χ2v) is 6.85. The van der Waals surface area contributed by atoms with Gasteiger partial charge >= 0.3 is 0 Å². The van der Waals surface area contributed by atoms with Crippen molar-refractivity contribution < 1.29 is 4.79 Å². The van der Waals surface area contributed by atoms with Crippen LogP contribution in [0.2, 0.25) is 0 Å². The monoisotopic (exact) mass is 373 g/mol. The van der Waals surface area contributed by atoms with Crippen molar-refractivity contribution in [3.63, 3.8) is 0 Å². The van der Waals surface area contributed by atoms with Gasteiger partial charge in [0, 0.05) is 13.1 Å². The van der Waals surface area contributed by atoms with Gasteiger partial charge in [-0.15, -0.1) is 24.8 Å². The molecular formula is C18H29Cl2N3O. The Morgan fingerprint density at radius 1 is 1.00 bits per heavy atom. The van der Waals surface area contributed by atoms with Crippen LogP contribution in [-0.2, 0) is 17.9 Å². The number of rotatable bonds is 5. The number of likely N-dealkylation sites (tertiary alicyclic amines) is 1. The molecule has 0 unspecified atom stereocenters. The molecule has 1 aliphatic heterocycles. The number of hydrogen-bond donors (Lipinski definition) is 2. The van der Waals surface area contributed by atoms with E-state index in [1.807, 2.05) is 0 Å². The Morgan fingerprint density at radius 2 is 1.54 bits per heavy atom. The average Bonchev–Trinajstić information content (AvgIpc) is 3.31. The van der Waals surface area contributed by atoms with Crippen LogP contribution in [0.15, 0.2) is 24.3 Å². The molecule has 136 valence electrons. The number of carbonyl (C=O) groups excluding carboxylic acids is 1. The van der Waals surface area contributed by atoms with Crippen molar-refractivity contribution >= 4 is 30.7 Å². The van der Waals surface area contributed by atoms with Crippen molar-refractivity contribution in [1.29, 1.82) is 0 Å². The van der Waals surface area contributed by atoms with Gasteiger partial charge in [-0.25, -0.2) is 0 Å². The van der Waals surface area contributed by atoms with Crippen molar-refractivity contribution in [2.24, 2.45) is 5.73 Å². The van der Waals surface area contributed by atoms with Gasteiger partial charge < -0.3 is 11.1 Å². The van der Waals surface area contributed by atoms with E-state index in [0.717, 1.165) is 24.9 Å². The molecule has 1 aromatic carbocycles. The van der Waals surface area contributed by atoms with E-state index >= 15 is 0 Å². The van der Waals surface area contributed by atoms with Crippen LogP contribution in [0.25, 0.3) is 0 Å². The summed E-state index contributed by atoms with van der Waals surface area (Å²) in [6.45, 7) is 4.05. The molecular weight excluding hydrogens is 345 g/mol. The van der Waals surface area contributed by atoms with Crippen LogP contribution in [0.5, 0.6) is 0 Å². The van der Waals surface area contributed by atoms with Gasteiger partial charge in [-0.2, -0.15) is 0 Å². The Kier molecular flexibility index (Phi) is 8.51. The first-order valence-corrected chi connectivity index (χ1v) is 8.53. The Morgan fingerprint density at radius 3 is 2.08 bits per heavy atom. The molecule has 0 radical (unpaired) electrons. The topological polar surface area (TPSA) is 58.4 Å². The van der Waals surface area contributed by atoms with Crippen LogP contribution in [0.4, 0.5) is 0 Å². The van der Waals surface area contributed by atoms with Gasteiger partial charge in [0.2, 0.25) is 5.91 Å². The Labute approximate surface area is 157 Å². The third-order valence-corrected chi connectivity index (χ3v) is 4.82. The summed E-state index contributed by atoms with van der Waals surface area (Å²) in [5.41, 5.74) is 7.79. The van der Waals surface area contributed by atoms with E-state index in [4.69, 9.17) is 5.73 Å². The number of nitrogens with two attached hydrogens (primary N) is 1. The van der Waals surface area contributed by atoms with Gasteiger partial charge in [0.25, 0.3) is 0 Å². The molecule has 0 aromatic heterocycles. The summed E-state index contributed by atoms with van der Waals surface area (Å²) in [7, 11) is 0. The summed E-state index contributed by atoms with van der Waals surface area (Å²) in [6.07, 6.45) is 7.02. The van der Waals surface area contributed by atoms with E-state index in [0.29, 0.717) is 6.54 Å². The Bertz CT molecular complexity index is 510. The summed E-state index contributed by atoms with van der Waals surface area (Å²) in [6, 6.07) is 8.59. The highest BCUT2D eigenvalue weighted by molar-refractivity contribution is 5.88. The molecule has 2 fully saturated rings. The molecule has 1 aliphatic carbocycles. The maximum absolute atomic E-state index is 11.8. The number of nitrogens with one attached hydrogen (secondary N) is 1. The minimum absolute atomic E-state index is 0. The number of benzene rings is 1. The maximum Gasteiger partial charge on any atom is 0.240 e. The standard InChI is InChI=1S/C18H27N3O.2ClH/c19-18(9-10-18)17(22)20-13-15-5-7-16(8-6-15)14-21-11-3-1-2-4-12-21;;/h5-8H,1-4,9-14,19H2,(H,20,22);2*1H. The van der Waals surface area contributed by atoms with Crippen molar-refractivity contribution in [3.8, 4) is 0 Å². The molecule has 0 atom stereocenters. The minimum atomic E-state index is -0.577. The lowest BCUT2D eigenvalue weighted by Crippen LogP contribution is -2.42. The fourth-order valence-corrected chi connectivity index (χ4v) is 3.04. The fraction of sp³-hybridized carbons (Fsp3) is 0.611. The van der Waals surface area contributed by atoms with E-state index in [2.05, 4.69) is 34.5 Å². The number of amides is 1.